The van der Waals surface area contributed by atoms with Gasteiger partial charge in [-0.05, 0) is 50.8 Å². The number of ether oxygens (including phenoxy) is 2. The molecule has 0 radical (unpaired) electrons. The molecule has 0 spiro atoms. The quantitative estimate of drug-likeness (QED) is 0.306. The lowest BCUT2D eigenvalue weighted by atomic mass is 10.1. The summed E-state index contributed by atoms with van der Waals surface area (Å²) in [5, 5.41) is 1.61. The van der Waals surface area contributed by atoms with Crippen molar-refractivity contribution < 1.29 is 14.3 Å². The van der Waals surface area contributed by atoms with Gasteiger partial charge in [-0.3, -0.25) is 4.79 Å². The van der Waals surface area contributed by atoms with Crippen LogP contribution in [0.2, 0.25) is 0 Å². The number of carbonyl (C=O) groups is 1. The van der Waals surface area contributed by atoms with Gasteiger partial charge in [0, 0.05) is 19.2 Å². The predicted molar refractivity (Wildman–Crippen MR) is 135 cm³/mol. The standard InChI is InChI=1S/C17H20O.C6H14N2.C4H8O2/c1-3-15-5-4-6-16(10-9-15)13-18-17-11-7-14(2)8-12-17;1-4-5-6(2)8(3)7;1-3-4(5)6-2/h4-9,11-12H,3,10,13H2,1-2H3;5H,4,7H2,1-3H3;3H2,1-2H3/b;6-5-;. The fourth-order valence-electron chi connectivity index (χ4n) is 2.47. The second-order valence-corrected chi connectivity index (χ2v) is 7.42. The Morgan fingerprint density at radius 3 is 2.28 bits per heavy atom. The molecule has 1 aromatic carbocycles. The van der Waals surface area contributed by atoms with Crippen LogP contribution in [0.25, 0.3) is 0 Å². The number of rotatable bonds is 7. The maximum atomic E-state index is 9.96. The first-order chi connectivity index (χ1) is 15.3. The van der Waals surface area contributed by atoms with E-state index >= 15 is 0 Å². The van der Waals surface area contributed by atoms with E-state index in [1.807, 2.05) is 26.1 Å². The molecule has 2 N–H and O–H groups in total. The van der Waals surface area contributed by atoms with Crippen molar-refractivity contribution in [3.63, 3.8) is 0 Å². The topological polar surface area (TPSA) is 64.8 Å². The van der Waals surface area contributed by atoms with Crippen LogP contribution in [-0.4, -0.2) is 31.7 Å². The SMILES string of the molecule is CC/C=C(/C)N(C)N.CCC(=O)OC.CCC1=CCC(COc2ccc(C)cc2)=CC=C1. The second kappa shape index (κ2) is 17.8. The zero-order valence-corrected chi connectivity index (χ0v) is 21.0. The molecule has 5 nitrogen and oxygen atoms in total. The van der Waals surface area contributed by atoms with Gasteiger partial charge in [0.25, 0.3) is 0 Å². The molecule has 0 amide bonds. The molecular weight excluding hydrogens is 400 g/mol. The van der Waals surface area contributed by atoms with Gasteiger partial charge in [0.15, 0.2) is 0 Å². The summed E-state index contributed by atoms with van der Waals surface area (Å²) in [6, 6.07) is 8.20. The van der Waals surface area contributed by atoms with Crippen molar-refractivity contribution in [3.05, 3.63) is 77.1 Å². The molecule has 0 saturated heterocycles. The van der Waals surface area contributed by atoms with E-state index in [0.29, 0.717) is 13.0 Å². The maximum absolute atomic E-state index is 9.96. The number of benzene rings is 1. The van der Waals surface area contributed by atoms with Crippen molar-refractivity contribution in [2.75, 3.05) is 20.8 Å². The van der Waals surface area contributed by atoms with Gasteiger partial charge in [-0.1, -0.05) is 74.4 Å². The van der Waals surface area contributed by atoms with Gasteiger partial charge in [-0.25, -0.2) is 5.84 Å². The first-order valence-corrected chi connectivity index (χ1v) is 11.2. The highest BCUT2D eigenvalue weighted by Crippen LogP contribution is 2.17. The number of methoxy groups -OCH3 is 1. The molecule has 0 unspecified atom stereocenters. The zero-order chi connectivity index (χ0) is 24.4. The summed E-state index contributed by atoms with van der Waals surface area (Å²) in [6.45, 7) is 10.8. The Kier molecular flexibility index (Phi) is 16.3. The number of nitrogens with zero attached hydrogens (tertiary/aromatic N) is 1. The van der Waals surface area contributed by atoms with Crippen molar-refractivity contribution in [2.24, 2.45) is 5.84 Å². The average molecular weight is 443 g/mol. The number of esters is 1. The summed E-state index contributed by atoms with van der Waals surface area (Å²) in [5.74, 6) is 6.17. The minimum Gasteiger partial charge on any atom is -0.489 e. The van der Waals surface area contributed by atoms with Gasteiger partial charge >= 0.3 is 5.97 Å². The Bertz CT molecular complexity index is 767. The van der Waals surface area contributed by atoms with E-state index < -0.39 is 0 Å². The molecule has 1 aromatic rings. The lowest BCUT2D eigenvalue weighted by molar-refractivity contribution is -0.140. The molecule has 0 aromatic heterocycles. The van der Waals surface area contributed by atoms with Crippen LogP contribution < -0.4 is 10.6 Å². The monoisotopic (exact) mass is 442 g/mol. The first kappa shape index (κ1) is 29.2. The molecule has 32 heavy (non-hydrogen) atoms. The molecule has 5 heteroatoms. The second-order valence-electron chi connectivity index (χ2n) is 7.42. The minimum atomic E-state index is -0.157. The lowest BCUT2D eigenvalue weighted by Gasteiger charge is -2.10. The third-order valence-electron chi connectivity index (χ3n) is 4.69. The third kappa shape index (κ3) is 14.3. The van der Waals surface area contributed by atoms with Crippen molar-refractivity contribution in [1.29, 1.82) is 0 Å². The minimum absolute atomic E-state index is 0.157. The van der Waals surface area contributed by atoms with Gasteiger partial charge < -0.3 is 14.5 Å². The Hall–Kier alpha value is -2.79. The van der Waals surface area contributed by atoms with E-state index in [4.69, 9.17) is 10.6 Å². The van der Waals surface area contributed by atoms with E-state index in [9.17, 15) is 4.79 Å². The molecule has 0 bridgehead atoms. The highest BCUT2D eigenvalue weighted by molar-refractivity contribution is 5.68. The highest BCUT2D eigenvalue weighted by atomic mass is 16.5. The molecule has 1 aliphatic rings. The van der Waals surface area contributed by atoms with Gasteiger partial charge in [0.2, 0.25) is 0 Å². The predicted octanol–water partition coefficient (Wildman–Crippen LogP) is 6.27. The molecule has 0 saturated carbocycles. The van der Waals surface area contributed by atoms with Crippen LogP contribution in [0, 0.1) is 6.92 Å². The number of hydrazine groups is 1. The summed E-state index contributed by atoms with van der Waals surface area (Å²) >= 11 is 0. The largest absolute Gasteiger partial charge is 0.489 e. The molecule has 2 rings (SSSR count). The van der Waals surface area contributed by atoms with Crippen LogP contribution in [0.5, 0.6) is 5.75 Å². The fraction of sp³-hybridized carbons (Fsp3) is 0.444. The molecule has 0 heterocycles. The van der Waals surface area contributed by atoms with Crippen molar-refractivity contribution >= 4 is 5.97 Å². The number of hydrogen-bond acceptors (Lipinski definition) is 5. The van der Waals surface area contributed by atoms with Crippen LogP contribution >= 0.6 is 0 Å². The van der Waals surface area contributed by atoms with E-state index in [1.54, 1.807) is 11.9 Å². The number of hydrogen-bond donors (Lipinski definition) is 1. The summed E-state index contributed by atoms with van der Waals surface area (Å²) < 4.78 is 10.1. The summed E-state index contributed by atoms with van der Waals surface area (Å²) in [6.07, 6.45) is 14.4. The average Bonchev–Trinajstić information content (AvgIpc) is 3.04. The number of allylic oxidation sites excluding steroid dienone is 7. The Balaban J connectivity index is 0.000000571. The third-order valence-corrected chi connectivity index (χ3v) is 4.69. The van der Waals surface area contributed by atoms with Gasteiger partial charge in [0.1, 0.15) is 12.4 Å². The van der Waals surface area contributed by atoms with Gasteiger partial charge in [-0.2, -0.15) is 0 Å². The molecule has 0 atom stereocenters. The smallest absolute Gasteiger partial charge is 0.305 e. The number of aryl methyl sites for hydroxylation is 1. The Labute approximate surface area is 195 Å². The molecular formula is C27H42N2O3. The molecule has 0 fully saturated rings. The van der Waals surface area contributed by atoms with Crippen LogP contribution in [0.3, 0.4) is 0 Å². The Morgan fingerprint density at radius 2 is 1.84 bits per heavy atom. The van der Waals surface area contributed by atoms with E-state index in [-0.39, 0.29) is 5.97 Å². The van der Waals surface area contributed by atoms with E-state index in [1.165, 1.54) is 23.8 Å². The highest BCUT2D eigenvalue weighted by Gasteiger charge is 2.01. The van der Waals surface area contributed by atoms with Crippen LogP contribution in [0.1, 0.15) is 58.9 Å². The summed E-state index contributed by atoms with van der Waals surface area (Å²) in [7, 11) is 3.22. The lowest BCUT2D eigenvalue weighted by Crippen LogP contribution is -2.23. The number of nitrogens with two attached hydrogens (primary N) is 1. The summed E-state index contributed by atoms with van der Waals surface area (Å²) in [4.78, 5) is 9.96. The fourth-order valence-corrected chi connectivity index (χ4v) is 2.47. The van der Waals surface area contributed by atoms with Gasteiger partial charge in [0.05, 0.1) is 7.11 Å². The van der Waals surface area contributed by atoms with Crippen molar-refractivity contribution in [3.8, 4) is 5.75 Å². The Morgan fingerprint density at radius 1 is 1.19 bits per heavy atom. The van der Waals surface area contributed by atoms with Gasteiger partial charge in [-0.15, -0.1) is 0 Å². The molecule has 1 aliphatic carbocycles. The van der Waals surface area contributed by atoms with Crippen LogP contribution in [0.15, 0.2) is 71.5 Å². The molecule has 0 aliphatic heterocycles. The summed E-state index contributed by atoms with van der Waals surface area (Å²) in [5.41, 5.74) is 5.09. The van der Waals surface area contributed by atoms with E-state index in [0.717, 1.165) is 30.7 Å². The van der Waals surface area contributed by atoms with Crippen molar-refractivity contribution in [1.82, 2.24) is 5.01 Å². The normalized spacial score (nSPS) is 12.7. The van der Waals surface area contributed by atoms with E-state index in [2.05, 4.69) is 68.0 Å². The van der Waals surface area contributed by atoms with Crippen LogP contribution in [0.4, 0.5) is 0 Å². The van der Waals surface area contributed by atoms with Crippen molar-refractivity contribution in [2.45, 2.75) is 60.3 Å². The van der Waals surface area contributed by atoms with Crippen LogP contribution in [-0.2, 0) is 9.53 Å². The number of carbonyl (C=O) groups excluding carboxylic acids is 1. The first-order valence-electron chi connectivity index (χ1n) is 11.2. The zero-order valence-electron chi connectivity index (χ0n) is 21.0. The molecule has 178 valence electrons. The maximum Gasteiger partial charge on any atom is 0.305 e.